The number of carboxylic acids is 1. The van der Waals surface area contributed by atoms with Gasteiger partial charge in [-0.25, -0.2) is 0 Å². The highest BCUT2D eigenvalue weighted by Crippen LogP contribution is 2.35. The molecule has 1 aliphatic heterocycles. The summed E-state index contributed by atoms with van der Waals surface area (Å²) in [6.45, 7) is 4.68. The number of hydrogen-bond acceptors (Lipinski definition) is 7. The third-order valence-electron chi connectivity index (χ3n) is 5.86. The number of hydrogen-bond donors (Lipinski definition) is 2. The number of nitrogens with zero attached hydrogens (tertiary/aromatic N) is 3. The fourth-order valence-electron chi connectivity index (χ4n) is 3.88. The molecule has 1 aromatic heterocycles. The fourth-order valence-corrected chi connectivity index (χ4v) is 5.17. The van der Waals surface area contributed by atoms with Crippen LogP contribution in [-0.2, 0) is 22.6 Å². The topological polar surface area (TPSA) is 115 Å². The maximum atomic E-state index is 13.2. The molecule has 3 rings (SSSR count). The van der Waals surface area contributed by atoms with Gasteiger partial charge in [-0.05, 0) is 37.0 Å². The Hall–Kier alpha value is -3.42. The zero-order chi connectivity index (χ0) is 26.2. The SMILES string of the molecule is CCCCn1c(NCCc2ccccc2)c(/C=C2/SC(=S)N(CCC(=O)O)C2=O)c(C)c(C#N)c1=O. The normalized spacial score (nSPS) is 14.4. The largest absolute Gasteiger partial charge is 0.481 e. The average Bonchev–Trinajstić information content (AvgIpc) is 3.12. The van der Waals surface area contributed by atoms with E-state index in [9.17, 15) is 19.6 Å². The van der Waals surface area contributed by atoms with Gasteiger partial charge in [-0.1, -0.05) is 67.7 Å². The number of amides is 1. The Labute approximate surface area is 219 Å². The molecule has 0 aliphatic carbocycles. The number of carbonyl (C=O) groups excluding carboxylic acids is 1. The Bertz CT molecular complexity index is 1300. The van der Waals surface area contributed by atoms with Crippen molar-refractivity contribution in [3.05, 3.63) is 67.8 Å². The van der Waals surface area contributed by atoms with Crippen LogP contribution >= 0.6 is 24.0 Å². The first-order valence-electron chi connectivity index (χ1n) is 11.7. The van der Waals surface area contributed by atoms with Crippen LogP contribution in [0, 0.1) is 18.3 Å². The predicted octanol–water partition coefficient (Wildman–Crippen LogP) is 4.16. The first kappa shape index (κ1) is 27.2. The molecule has 2 heterocycles. The summed E-state index contributed by atoms with van der Waals surface area (Å²) >= 11 is 6.40. The van der Waals surface area contributed by atoms with Crippen molar-refractivity contribution >= 4 is 52.1 Å². The smallest absolute Gasteiger partial charge is 0.305 e. The Kier molecular flexibility index (Phi) is 9.44. The van der Waals surface area contributed by atoms with Crippen molar-refractivity contribution in [1.82, 2.24) is 9.47 Å². The van der Waals surface area contributed by atoms with E-state index in [0.29, 0.717) is 34.9 Å². The fraction of sp³-hybridized carbons (Fsp3) is 0.346. The van der Waals surface area contributed by atoms with Gasteiger partial charge in [0.1, 0.15) is 21.8 Å². The van der Waals surface area contributed by atoms with Crippen LogP contribution < -0.4 is 10.9 Å². The lowest BCUT2D eigenvalue weighted by Crippen LogP contribution is -2.30. The maximum absolute atomic E-state index is 13.2. The monoisotopic (exact) mass is 524 g/mol. The van der Waals surface area contributed by atoms with Gasteiger partial charge in [-0.2, -0.15) is 5.26 Å². The summed E-state index contributed by atoms with van der Waals surface area (Å²) in [5.74, 6) is -0.849. The molecule has 0 unspecified atom stereocenters. The number of nitrogens with one attached hydrogen (secondary N) is 1. The number of unbranched alkanes of at least 4 members (excludes halogenated alkanes) is 1. The van der Waals surface area contributed by atoms with Gasteiger partial charge in [0, 0.05) is 25.2 Å². The number of carbonyl (C=O) groups is 2. The summed E-state index contributed by atoms with van der Waals surface area (Å²) in [5.41, 5.74) is 1.87. The summed E-state index contributed by atoms with van der Waals surface area (Å²) in [5, 5.41) is 22.1. The molecule has 2 N–H and O–H groups in total. The second-order valence-corrected chi connectivity index (χ2v) is 10.00. The van der Waals surface area contributed by atoms with Crippen LogP contribution in [-0.4, -0.2) is 43.9 Å². The number of benzene rings is 1. The van der Waals surface area contributed by atoms with Crippen LogP contribution in [0.25, 0.3) is 6.08 Å². The molecule has 0 spiro atoms. The van der Waals surface area contributed by atoms with E-state index in [-0.39, 0.29) is 34.3 Å². The van der Waals surface area contributed by atoms with Crippen molar-refractivity contribution in [2.45, 2.75) is 46.1 Å². The van der Waals surface area contributed by atoms with Crippen LogP contribution in [0.1, 0.15) is 48.4 Å². The average molecular weight is 525 g/mol. The van der Waals surface area contributed by atoms with Gasteiger partial charge in [0.15, 0.2) is 0 Å². The van der Waals surface area contributed by atoms with Crippen molar-refractivity contribution in [3.63, 3.8) is 0 Å². The first-order valence-corrected chi connectivity index (χ1v) is 12.9. The first-order chi connectivity index (χ1) is 17.3. The Morgan fingerprint density at radius 2 is 1.97 bits per heavy atom. The number of pyridine rings is 1. The van der Waals surface area contributed by atoms with E-state index in [1.54, 1.807) is 17.6 Å². The van der Waals surface area contributed by atoms with Crippen LogP contribution in [0.15, 0.2) is 40.0 Å². The molecule has 2 aromatic rings. The van der Waals surface area contributed by atoms with Crippen LogP contribution in [0.2, 0.25) is 0 Å². The quantitative estimate of drug-likeness (QED) is 0.333. The molecule has 0 atom stereocenters. The molecule has 188 valence electrons. The highest BCUT2D eigenvalue weighted by Gasteiger charge is 2.33. The Morgan fingerprint density at radius 3 is 2.61 bits per heavy atom. The van der Waals surface area contributed by atoms with E-state index in [0.717, 1.165) is 36.6 Å². The lowest BCUT2D eigenvalue weighted by molar-refractivity contribution is -0.137. The molecule has 1 amide bonds. The number of rotatable bonds is 11. The molecule has 0 saturated carbocycles. The molecule has 1 saturated heterocycles. The number of thiocarbonyl (C=S) groups is 1. The van der Waals surface area contributed by atoms with Crippen molar-refractivity contribution in [1.29, 1.82) is 5.26 Å². The highest BCUT2D eigenvalue weighted by molar-refractivity contribution is 8.26. The third kappa shape index (κ3) is 6.22. The van der Waals surface area contributed by atoms with Gasteiger partial charge in [0.05, 0.1) is 11.3 Å². The number of carboxylic acid groups (broad SMARTS) is 1. The third-order valence-corrected chi connectivity index (χ3v) is 7.24. The van der Waals surface area contributed by atoms with Gasteiger partial charge < -0.3 is 10.4 Å². The summed E-state index contributed by atoms with van der Waals surface area (Å²) < 4.78 is 1.86. The second-order valence-electron chi connectivity index (χ2n) is 8.32. The molecule has 1 aromatic carbocycles. The van der Waals surface area contributed by atoms with Gasteiger partial charge in [0.25, 0.3) is 11.5 Å². The standard InChI is InChI=1S/C26H28N4O4S2/c1-3-4-13-29-23(28-12-10-18-8-6-5-7-9-18)19(17(2)20(16-27)24(29)33)15-21-25(34)30(26(35)36-21)14-11-22(31)32/h5-9,15,28H,3-4,10-14H2,1-2H3,(H,31,32)/b21-15+. The molecule has 1 aliphatic rings. The molecule has 0 radical (unpaired) electrons. The molecule has 1 fully saturated rings. The number of nitriles is 1. The lowest BCUT2D eigenvalue weighted by atomic mass is 10.0. The number of thioether (sulfide) groups is 1. The van der Waals surface area contributed by atoms with Crippen LogP contribution in [0.5, 0.6) is 0 Å². The predicted molar refractivity (Wildman–Crippen MR) is 146 cm³/mol. The Morgan fingerprint density at radius 1 is 1.25 bits per heavy atom. The maximum Gasteiger partial charge on any atom is 0.305 e. The lowest BCUT2D eigenvalue weighted by Gasteiger charge is -2.20. The van der Waals surface area contributed by atoms with Gasteiger partial charge in [0.2, 0.25) is 0 Å². The Balaban J connectivity index is 2.05. The highest BCUT2D eigenvalue weighted by atomic mass is 32.2. The minimum atomic E-state index is -1.02. The van der Waals surface area contributed by atoms with E-state index in [4.69, 9.17) is 17.3 Å². The van der Waals surface area contributed by atoms with Gasteiger partial charge in [-0.3, -0.25) is 23.9 Å². The van der Waals surface area contributed by atoms with Crippen LogP contribution in [0.3, 0.4) is 0 Å². The summed E-state index contributed by atoms with van der Waals surface area (Å²) in [4.78, 5) is 38.8. The minimum Gasteiger partial charge on any atom is -0.481 e. The second kappa shape index (κ2) is 12.5. The van der Waals surface area contributed by atoms with Crippen molar-refractivity contribution < 1.29 is 14.7 Å². The molecule has 0 bridgehead atoms. The van der Waals surface area contributed by atoms with E-state index in [1.807, 2.05) is 43.3 Å². The summed E-state index contributed by atoms with van der Waals surface area (Å²) in [6.07, 6.45) is 3.77. The summed E-state index contributed by atoms with van der Waals surface area (Å²) in [7, 11) is 0. The van der Waals surface area contributed by atoms with Crippen LogP contribution in [0.4, 0.5) is 5.82 Å². The van der Waals surface area contributed by atoms with E-state index >= 15 is 0 Å². The zero-order valence-electron chi connectivity index (χ0n) is 20.2. The number of aromatic nitrogens is 1. The summed E-state index contributed by atoms with van der Waals surface area (Å²) in [6, 6.07) is 12.0. The number of aliphatic carboxylic acids is 1. The van der Waals surface area contributed by atoms with Crippen molar-refractivity contribution in [3.8, 4) is 6.07 Å². The number of anilines is 1. The molecule has 36 heavy (non-hydrogen) atoms. The van der Waals surface area contributed by atoms with Crippen molar-refractivity contribution in [2.24, 2.45) is 0 Å². The minimum absolute atomic E-state index is 0.0159. The van der Waals surface area contributed by atoms with E-state index < -0.39 is 5.97 Å². The molecule has 8 nitrogen and oxygen atoms in total. The van der Waals surface area contributed by atoms with Gasteiger partial charge in [-0.15, -0.1) is 0 Å². The molecular weight excluding hydrogens is 496 g/mol. The van der Waals surface area contributed by atoms with Gasteiger partial charge >= 0.3 is 5.97 Å². The van der Waals surface area contributed by atoms with E-state index in [1.165, 1.54) is 4.90 Å². The molecule has 10 heteroatoms. The zero-order valence-corrected chi connectivity index (χ0v) is 21.9. The van der Waals surface area contributed by atoms with E-state index in [2.05, 4.69) is 5.32 Å². The van der Waals surface area contributed by atoms with Crippen molar-refractivity contribution in [2.75, 3.05) is 18.4 Å². The molecular formula is C26H28N4O4S2.